The van der Waals surface area contributed by atoms with Gasteiger partial charge in [0.1, 0.15) is 0 Å². The van der Waals surface area contributed by atoms with Crippen molar-refractivity contribution < 1.29 is 0 Å². The fourth-order valence-electron chi connectivity index (χ4n) is 1.72. The molecule has 0 saturated heterocycles. The van der Waals surface area contributed by atoms with Gasteiger partial charge in [0, 0.05) is 0 Å². The van der Waals surface area contributed by atoms with Gasteiger partial charge in [-0.3, -0.25) is 0 Å². The molecule has 0 saturated carbocycles. The van der Waals surface area contributed by atoms with Crippen LogP contribution in [0.1, 0.15) is 6.42 Å². The Balaban J connectivity index is 4.89. The molecule has 0 bridgehead atoms. The third-order valence-electron chi connectivity index (χ3n) is 2.70. The minimum atomic E-state index is -1.21. The van der Waals surface area contributed by atoms with Crippen LogP contribution >= 0.6 is 0 Å². The van der Waals surface area contributed by atoms with Crippen LogP contribution in [-0.4, -0.2) is 14.8 Å². The Kier molecular flexibility index (Phi) is 7.15. The molecule has 0 radical (unpaired) electrons. The van der Waals surface area contributed by atoms with Crippen LogP contribution < -0.4 is 0 Å². The second kappa shape index (κ2) is 7.50. The summed E-state index contributed by atoms with van der Waals surface area (Å²) in [7, 11) is -1.21. The molecule has 0 aromatic heterocycles. The normalized spacial score (nSPS) is 12.1. The van der Waals surface area contributed by atoms with E-state index < -0.39 is 8.07 Å². The van der Waals surface area contributed by atoms with Crippen molar-refractivity contribution in [2.24, 2.45) is 0 Å². The van der Waals surface area contributed by atoms with Gasteiger partial charge in [0.2, 0.25) is 0 Å². The molecule has 0 unspecified atom stereocenters. The van der Waals surface area contributed by atoms with Gasteiger partial charge in [-0.25, -0.2) is 0 Å². The zero-order valence-corrected chi connectivity index (χ0v) is 12.1. The summed E-state index contributed by atoms with van der Waals surface area (Å²) >= 11 is 0. The molecule has 0 atom stereocenters. The molecule has 0 nitrogen and oxygen atoms in total. The molecule has 0 aromatic rings. The minimum absolute atomic E-state index is 0.566. The predicted octanol–water partition coefficient (Wildman–Crippen LogP) is 4.77. The van der Waals surface area contributed by atoms with Crippen LogP contribution in [0.25, 0.3) is 0 Å². The van der Waals surface area contributed by atoms with E-state index in [9.17, 15) is 0 Å². The van der Waals surface area contributed by atoms with Crippen molar-refractivity contribution in [2.75, 3.05) is 0 Å². The van der Waals surface area contributed by atoms with Crippen molar-refractivity contribution in [2.45, 2.75) is 38.7 Å². The summed E-state index contributed by atoms with van der Waals surface area (Å²) in [4.78, 5) is 0. The van der Waals surface area contributed by atoms with E-state index in [0.717, 1.165) is 19.1 Å². The largest absolute Gasteiger partial charge is 0.173 e. The molecule has 0 aliphatic rings. The lowest BCUT2D eigenvalue weighted by Gasteiger charge is -2.21. The first-order valence-electron chi connectivity index (χ1n) is 5.99. The summed E-state index contributed by atoms with van der Waals surface area (Å²) in [6.07, 6.45) is 9.12. The SMILES string of the molecule is C=CCB(/C=C(/CC=C)[Si](C)(C)C)CC=C. The Bertz CT molecular complexity index is 261. The Labute approximate surface area is 103 Å². The summed E-state index contributed by atoms with van der Waals surface area (Å²) in [6, 6.07) is 0. The molecule has 0 amide bonds. The Morgan fingerprint density at radius 1 is 1.00 bits per heavy atom. The van der Waals surface area contributed by atoms with E-state index in [1.807, 2.05) is 18.2 Å². The predicted molar refractivity (Wildman–Crippen MR) is 82.0 cm³/mol. The van der Waals surface area contributed by atoms with E-state index in [0.29, 0.717) is 6.71 Å². The monoisotopic (exact) mass is 232 g/mol. The van der Waals surface area contributed by atoms with E-state index in [-0.39, 0.29) is 0 Å². The van der Waals surface area contributed by atoms with Crippen LogP contribution in [0.15, 0.2) is 49.1 Å². The molecule has 0 aliphatic carbocycles. The van der Waals surface area contributed by atoms with Gasteiger partial charge < -0.3 is 0 Å². The third-order valence-corrected chi connectivity index (χ3v) is 5.00. The van der Waals surface area contributed by atoms with E-state index in [1.54, 1.807) is 5.20 Å². The molecule has 16 heavy (non-hydrogen) atoms. The van der Waals surface area contributed by atoms with Gasteiger partial charge in [-0.15, -0.1) is 25.7 Å². The molecular formula is C14H25BSi. The lowest BCUT2D eigenvalue weighted by molar-refractivity contribution is 1.32. The first kappa shape index (κ1) is 15.2. The lowest BCUT2D eigenvalue weighted by atomic mass is 9.45. The Morgan fingerprint density at radius 3 is 1.81 bits per heavy atom. The van der Waals surface area contributed by atoms with E-state index in [4.69, 9.17) is 0 Å². The van der Waals surface area contributed by atoms with Crippen LogP contribution in [-0.2, 0) is 0 Å². The first-order chi connectivity index (χ1) is 7.45. The second-order valence-corrected chi connectivity index (χ2v) is 10.4. The summed E-state index contributed by atoms with van der Waals surface area (Å²) in [5, 5.41) is 1.59. The fourth-order valence-corrected chi connectivity index (χ4v) is 3.22. The third kappa shape index (κ3) is 5.96. The molecule has 2 heteroatoms. The van der Waals surface area contributed by atoms with Crippen molar-refractivity contribution in [1.82, 2.24) is 0 Å². The molecule has 0 N–H and O–H groups in total. The van der Waals surface area contributed by atoms with Gasteiger partial charge in [-0.05, 0) is 6.42 Å². The highest BCUT2D eigenvalue weighted by atomic mass is 28.3. The van der Waals surface area contributed by atoms with Crippen molar-refractivity contribution in [3.05, 3.63) is 49.1 Å². The van der Waals surface area contributed by atoms with Crippen molar-refractivity contribution in [1.29, 1.82) is 0 Å². The lowest BCUT2D eigenvalue weighted by Crippen LogP contribution is -2.26. The molecule has 0 spiro atoms. The zero-order valence-electron chi connectivity index (χ0n) is 11.1. The number of hydrogen-bond donors (Lipinski definition) is 0. The van der Waals surface area contributed by atoms with E-state index in [1.165, 1.54) is 0 Å². The molecule has 0 aromatic carbocycles. The molecule has 0 fully saturated rings. The highest BCUT2D eigenvalue weighted by molar-refractivity contribution is 6.84. The topological polar surface area (TPSA) is 0 Å². The highest BCUT2D eigenvalue weighted by Gasteiger charge is 2.20. The first-order valence-corrected chi connectivity index (χ1v) is 9.49. The summed E-state index contributed by atoms with van der Waals surface area (Å²) in [5.41, 5.74) is 0. The van der Waals surface area contributed by atoms with Crippen LogP contribution in [0.3, 0.4) is 0 Å². The van der Waals surface area contributed by atoms with Gasteiger partial charge in [-0.1, -0.05) is 55.7 Å². The second-order valence-electron chi connectivity index (χ2n) is 5.24. The average molecular weight is 232 g/mol. The molecular weight excluding hydrogens is 207 g/mol. The van der Waals surface area contributed by atoms with Gasteiger partial charge >= 0.3 is 0 Å². The van der Waals surface area contributed by atoms with E-state index >= 15 is 0 Å². The van der Waals surface area contributed by atoms with Crippen molar-refractivity contribution in [3.63, 3.8) is 0 Å². The smallest absolute Gasteiger partial charge is 0.119 e. The van der Waals surface area contributed by atoms with Crippen molar-refractivity contribution >= 4 is 14.8 Å². The van der Waals surface area contributed by atoms with Crippen LogP contribution in [0.2, 0.25) is 32.3 Å². The number of allylic oxidation sites excluding steroid dienone is 4. The summed E-state index contributed by atoms with van der Waals surface area (Å²) in [5.74, 6) is 2.44. The maximum absolute atomic E-state index is 3.85. The van der Waals surface area contributed by atoms with Crippen LogP contribution in [0.4, 0.5) is 0 Å². The standard InChI is InChI=1S/C14H25BSi/c1-7-10-14(16(4,5)6)13-15(11-8-2)12-9-3/h7-9,13H,1-3,10-12H2,4-6H3/b14-13-. The Hall–Kier alpha value is -0.758. The van der Waals surface area contributed by atoms with Crippen LogP contribution in [0.5, 0.6) is 0 Å². The molecule has 88 valence electrons. The Morgan fingerprint density at radius 2 is 1.50 bits per heavy atom. The molecule has 0 heterocycles. The van der Waals surface area contributed by atoms with E-state index in [2.05, 4.69) is 45.4 Å². The van der Waals surface area contributed by atoms with Gasteiger partial charge in [0.05, 0.1) is 8.07 Å². The van der Waals surface area contributed by atoms with Gasteiger partial charge in [0.25, 0.3) is 0 Å². The van der Waals surface area contributed by atoms with Crippen LogP contribution in [0, 0.1) is 0 Å². The van der Waals surface area contributed by atoms with Gasteiger partial charge in [-0.2, -0.15) is 0 Å². The zero-order chi connectivity index (χ0) is 12.6. The minimum Gasteiger partial charge on any atom is -0.119 e. The average Bonchev–Trinajstić information content (AvgIpc) is 2.16. The molecule has 0 rings (SSSR count). The molecule has 0 aliphatic heterocycles. The fraction of sp³-hybridized carbons (Fsp3) is 0.429. The number of hydrogen-bond acceptors (Lipinski definition) is 0. The van der Waals surface area contributed by atoms with Gasteiger partial charge in [0.15, 0.2) is 6.71 Å². The van der Waals surface area contributed by atoms with Crippen molar-refractivity contribution in [3.8, 4) is 0 Å². The maximum atomic E-state index is 3.85. The summed E-state index contributed by atoms with van der Waals surface area (Å²) < 4.78 is 0. The highest BCUT2D eigenvalue weighted by Crippen LogP contribution is 2.20. The summed E-state index contributed by atoms with van der Waals surface area (Å²) in [6.45, 7) is 19.2. The quantitative estimate of drug-likeness (QED) is 0.417. The number of rotatable bonds is 8. The maximum Gasteiger partial charge on any atom is 0.173 e.